The molecule has 0 heterocycles. The zero-order valence-corrected chi connectivity index (χ0v) is 16.5. The van der Waals surface area contributed by atoms with Crippen molar-refractivity contribution in [2.45, 2.75) is 25.6 Å². The zero-order valence-electron chi connectivity index (χ0n) is 16.5. The Bertz CT molecular complexity index is 954. The maximum Gasteiger partial charge on any atom is 0.430 e. The van der Waals surface area contributed by atoms with Crippen LogP contribution in [0.1, 0.15) is 18.1 Å². The SMILES string of the molecule is CC1(N(C(=O)OCc2ccccc2)N(Cc2ccccc2)C(=O)O)C=CC(=O)C=C1. The first-order valence-corrected chi connectivity index (χ1v) is 9.37. The van der Waals surface area contributed by atoms with Crippen molar-refractivity contribution in [3.63, 3.8) is 0 Å². The number of carboxylic acid groups (broad SMARTS) is 1. The summed E-state index contributed by atoms with van der Waals surface area (Å²) in [4.78, 5) is 36.8. The molecule has 0 fully saturated rings. The highest BCUT2D eigenvalue weighted by atomic mass is 16.6. The van der Waals surface area contributed by atoms with E-state index in [9.17, 15) is 19.5 Å². The maximum atomic E-state index is 13.1. The van der Waals surface area contributed by atoms with Crippen molar-refractivity contribution >= 4 is 18.0 Å². The van der Waals surface area contributed by atoms with Crippen LogP contribution in [0, 0.1) is 0 Å². The summed E-state index contributed by atoms with van der Waals surface area (Å²) in [5.74, 6) is -0.241. The van der Waals surface area contributed by atoms with Crippen LogP contribution in [0.3, 0.4) is 0 Å². The zero-order chi connectivity index (χ0) is 21.6. The second-order valence-corrected chi connectivity index (χ2v) is 6.97. The lowest BCUT2D eigenvalue weighted by molar-refractivity contribution is -0.110. The van der Waals surface area contributed by atoms with Gasteiger partial charge in [-0.2, -0.15) is 5.01 Å². The molecule has 0 unspecified atom stereocenters. The smallest absolute Gasteiger partial charge is 0.430 e. The largest absolute Gasteiger partial charge is 0.464 e. The van der Waals surface area contributed by atoms with Gasteiger partial charge < -0.3 is 9.84 Å². The van der Waals surface area contributed by atoms with Crippen LogP contribution in [0.15, 0.2) is 85.0 Å². The third kappa shape index (κ3) is 4.94. The van der Waals surface area contributed by atoms with Crippen LogP contribution in [-0.4, -0.2) is 38.6 Å². The number of ketones is 1. The van der Waals surface area contributed by atoms with E-state index in [4.69, 9.17) is 4.74 Å². The lowest BCUT2D eigenvalue weighted by atomic mass is 9.95. The van der Waals surface area contributed by atoms with Crippen molar-refractivity contribution in [3.05, 3.63) is 96.1 Å². The third-order valence-corrected chi connectivity index (χ3v) is 4.64. The fourth-order valence-electron chi connectivity index (χ4n) is 3.07. The molecule has 3 rings (SSSR count). The Morgan fingerprint density at radius 1 is 0.933 bits per heavy atom. The van der Waals surface area contributed by atoms with Crippen LogP contribution in [0.5, 0.6) is 0 Å². The second kappa shape index (κ2) is 9.09. The molecule has 0 aliphatic heterocycles. The second-order valence-electron chi connectivity index (χ2n) is 6.97. The van der Waals surface area contributed by atoms with Gasteiger partial charge in [-0.15, -0.1) is 0 Å². The van der Waals surface area contributed by atoms with Crippen molar-refractivity contribution in [3.8, 4) is 0 Å². The molecule has 0 spiro atoms. The van der Waals surface area contributed by atoms with Gasteiger partial charge >= 0.3 is 12.2 Å². The predicted octanol–water partition coefficient (Wildman–Crippen LogP) is 4.17. The van der Waals surface area contributed by atoms with Gasteiger partial charge in [-0.3, -0.25) is 4.79 Å². The lowest BCUT2D eigenvalue weighted by Crippen LogP contribution is -2.59. The monoisotopic (exact) mass is 406 g/mol. The Morgan fingerprint density at radius 3 is 2.00 bits per heavy atom. The summed E-state index contributed by atoms with van der Waals surface area (Å²) in [6, 6.07) is 18.0. The van der Waals surface area contributed by atoms with Gasteiger partial charge in [-0.1, -0.05) is 60.7 Å². The van der Waals surface area contributed by atoms with E-state index >= 15 is 0 Å². The Morgan fingerprint density at radius 2 is 1.47 bits per heavy atom. The fourth-order valence-corrected chi connectivity index (χ4v) is 3.07. The predicted molar refractivity (Wildman–Crippen MR) is 110 cm³/mol. The minimum Gasteiger partial charge on any atom is -0.464 e. The highest BCUT2D eigenvalue weighted by Crippen LogP contribution is 2.27. The van der Waals surface area contributed by atoms with Crippen molar-refractivity contribution in [1.82, 2.24) is 10.0 Å². The Kier molecular flexibility index (Phi) is 6.32. The van der Waals surface area contributed by atoms with Crippen LogP contribution in [0.2, 0.25) is 0 Å². The van der Waals surface area contributed by atoms with Crippen LogP contribution >= 0.6 is 0 Å². The van der Waals surface area contributed by atoms with Crippen LogP contribution in [-0.2, 0) is 22.7 Å². The summed E-state index contributed by atoms with van der Waals surface area (Å²) < 4.78 is 5.43. The molecule has 0 aromatic heterocycles. The summed E-state index contributed by atoms with van der Waals surface area (Å²) >= 11 is 0. The van der Waals surface area contributed by atoms with Crippen LogP contribution in [0.25, 0.3) is 0 Å². The number of hydrogen-bond donors (Lipinski definition) is 1. The molecule has 7 nitrogen and oxygen atoms in total. The van der Waals surface area contributed by atoms with Gasteiger partial charge in [0.05, 0.1) is 6.54 Å². The van der Waals surface area contributed by atoms with Gasteiger partial charge in [0.1, 0.15) is 12.1 Å². The number of ether oxygens (including phenoxy) is 1. The van der Waals surface area contributed by atoms with E-state index in [-0.39, 0.29) is 18.9 Å². The molecule has 7 heteroatoms. The molecule has 2 aromatic carbocycles. The van der Waals surface area contributed by atoms with Crippen LogP contribution < -0.4 is 0 Å². The molecule has 2 aromatic rings. The molecular weight excluding hydrogens is 384 g/mol. The highest BCUT2D eigenvalue weighted by Gasteiger charge is 2.40. The van der Waals surface area contributed by atoms with Gasteiger partial charge in [0.15, 0.2) is 5.78 Å². The van der Waals surface area contributed by atoms with Gasteiger partial charge in [-0.05, 0) is 42.4 Å². The third-order valence-electron chi connectivity index (χ3n) is 4.64. The van der Waals surface area contributed by atoms with Crippen molar-refractivity contribution < 1.29 is 24.2 Å². The van der Waals surface area contributed by atoms with E-state index in [0.717, 1.165) is 15.6 Å². The average molecular weight is 406 g/mol. The molecule has 0 bridgehead atoms. The molecule has 1 aliphatic rings. The minimum atomic E-state index is -1.32. The van der Waals surface area contributed by atoms with Gasteiger partial charge in [-0.25, -0.2) is 14.6 Å². The number of rotatable bonds is 5. The normalized spacial score (nSPS) is 14.2. The Hall–Kier alpha value is -3.87. The van der Waals surface area contributed by atoms with Crippen molar-refractivity contribution in [2.24, 2.45) is 0 Å². The van der Waals surface area contributed by atoms with E-state index in [2.05, 4.69) is 0 Å². The highest BCUT2D eigenvalue weighted by molar-refractivity contribution is 6.00. The molecule has 30 heavy (non-hydrogen) atoms. The van der Waals surface area contributed by atoms with Crippen LogP contribution in [0.4, 0.5) is 9.59 Å². The van der Waals surface area contributed by atoms with E-state index in [0.29, 0.717) is 5.56 Å². The number of allylic oxidation sites excluding steroid dienone is 2. The minimum absolute atomic E-state index is 0.0165. The summed E-state index contributed by atoms with van der Waals surface area (Å²) in [5.41, 5.74) is 0.268. The van der Waals surface area contributed by atoms with E-state index in [1.807, 2.05) is 24.3 Å². The number of hydrogen-bond acceptors (Lipinski definition) is 4. The number of amides is 2. The molecule has 0 saturated carbocycles. The quantitative estimate of drug-likeness (QED) is 0.753. The summed E-state index contributed by atoms with van der Waals surface area (Å²) in [6.45, 7) is 1.55. The van der Waals surface area contributed by atoms with Gasteiger partial charge in [0.25, 0.3) is 0 Å². The first-order chi connectivity index (χ1) is 14.4. The summed E-state index contributed by atoms with van der Waals surface area (Å²) in [5, 5.41) is 11.8. The van der Waals surface area contributed by atoms with E-state index in [1.54, 1.807) is 43.3 Å². The van der Waals surface area contributed by atoms with E-state index < -0.39 is 17.7 Å². The first-order valence-electron chi connectivity index (χ1n) is 9.37. The Labute approximate surface area is 174 Å². The topological polar surface area (TPSA) is 87.2 Å². The van der Waals surface area contributed by atoms with E-state index in [1.165, 1.54) is 24.3 Å². The fraction of sp³-hybridized carbons (Fsp3) is 0.174. The number of carbonyl (C=O) groups excluding carboxylic acids is 2. The number of carbonyl (C=O) groups is 3. The average Bonchev–Trinajstić information content (AvgIpc) is 2.75. The van der Waals surface area contributed by atoms with Gasteiger partial charge in [0.2, 0.25) is 0 Å². The molecule has 154 valence electrons. The number of benzene rings is 2. The summed E-state index contributed by atoms with van der Waals surface area (Å²) in [7, 11) is 0. The Balaban J connectivity index is 1.92. The molecule has 1 aliphatic carbocycles. The van der Waals surface area contributed by atoms with Crippen molar-refractivity contribution in [1.29, 1.82) is 0 Å². The number of hydrazine groups is 1. The molecule has 0 saturated heterocycles. The number of nitrogens with zero attached hydrogens (tertiary/aromatic N) is 2. The molecule has 1 N–H and O–H groups in total. The molecular formula is C23H22N2O5. The summed E-state index contributed by atoms with van der Waals surface area (Å²) in [6.07, 6.45) is 3.42. The molecule has 0 radical (unpaired) electrons. The molecule has 2 amide bonds. The lowest BCUT2D eigenvalue weighted by Gasteiger charge is -2.42. The van der Waals surface area contributed by atoms with Crippen molar-refractivity contribution in [2.75, 3.05) is 0 Å². The maximum absolute atomic E-state index is 13.1. The van der Waals surface area contributed by atoms with Gasteiger partial charge in [0, 0.05) is 0 Å². The molecule has 0 atom stereocenters. The standard InChI is InChI=1S/C23H22N2O5/c1-23(14-12-20(26)13-15-23)25(22(29)30-17-19-10-6-3-7-11-19)24(21(27)28)16-18-8-4-2-5-9-18/h2-15H,16-17H2,1H3,(H,27,28). The first kappa shape index (κ1) is 20.9.